The van der Waals surface area contributed by atoms with E-state index < -0.39 is 0 Å². The van der Waals surface area contributed by atoms with Gasteiger partial charge in [0.25, 0.3) is 5.91 Å². The molecule has 2 aromatic carbocycles. The van der Waals surface area contributed by atoms with E-state index >= 15 is 0 Å². The Labute approximate surface area is 204 Å². The highest BCUT2D eigenvalue weighted by Gasteiger charge is 2.17. The number of carbonyl (C=O) groups is 2. The van der Waals surface area contributed by atoms with E-state index in [2.05, 4.69) is 33.5 Å². The maximum Gasteiger partial charge on any atom is 0.251 e. The van der Waals surface area contributed by atoms with Gasteiger partial charge in [-0.3, -0.25) is 9.59 Å². The molecule has 4 rings (SSSR count). The maximum absolute atomic E-state index is 12.5. The van der Waals surface area contributed by atoms with Gasteiger partial charge in [-0.15, -0.1) is 11.8 Å². The number of rotatable bonds is 11. The molecule has 0 radical (unpaired) electrons. The van der Waals surface area contributed by atoms with E-state index in [9.17, 15) is 9.59 Å². The summed E-state index contributed by atoms with van der Waals surface area (Å²) in [6.07, 6.45) is 4.28. The van der Waals surface area contributed by atoms with Gasteiger partial charge in [-0.1, -0.05) is 18.2 Å². The standard InChI is InChI=1S/C26H31N3O4S/c1-2-32-20-11-9-19(10-12-20)26(31)27-13-14-29-17-24(22-7-3-4-8-23(22)29)34-18-25(30)28-16-21-6-5-15-33-21/h3-4,7-12,17,21H,2,5-6,13-16,18H2,1H3,(H,27,31)(H,28,30). The van der Waals surface area contributed by atoms with Crippen molar-refractivity contribution in [1.29, 1.82) is 0 Å². The van der Waals surface area contributed by atoms with Crippen LogP contribution in [0.25, 0.3) is 10.9 Å². The molecule has 0 bridgehead atoms. The van der Waals surface area contributed by atoms with Gasteiger partial charge in [-0.25, -0.2) is 0 Å². The summed E-state index contributed by atoms with van der Waals surface area (Å²) >= 11 is 1.53. The van der Waals surface area contributed by atoms with Crippen molar-refractivity contribution < 1.29 is 19.1 Å². The number of nitrogens with one attached hydrogen (secondary N) is 2. The summed E-state index contributed by atoms with van der Waals surface area (Å²) in [6.45, 7) is 5.02. The second kappa shape index (κ2) is 11.9. The third-order valence-electron chi connectivity index (χ3n) is 5.73. The van der Waals surface area contributed by atoms with Crippen LogP contribution in [0.1, 0.15) is 30.1 Å². The maximum atomic E-state index is 12.5. The fourth-order valence-corrected chi connectivity index (χ4v) is 4.92. The Morgan fingerprint density at radius 3 is 2.74 bits per heavy atom. The lowest BCUT2D eigenvalue weighted by Crippen LogP contribution is -2.32. The second-order valence-electron chi connectivity index (χ2n) is 8.14. The van der Waals surface area contributed by atoms with Crippen LogP contribution in [0.2, 0.25) is 0 Å². The minimum absolute atomic E-state index is 0.0138. The normalized spacial score (nSPS) is 15.4. The van der Waals surface area contributed by atoms with Gasteiger partial charge in [-0.05, 0) is 50.1 Å². The van der Waals surface area contributed by atoms with Crippen molar-refractivity contribution in [3.8, 4) is 5.75 Å². The highest BCUT2D eigenvalue weighted by atomic mass is 32.2. The third-order valence-corrected chi connectivity index (χ3v) is 6.77. The van der Waals surface area contributed by atoms with Crippen molar-refractivity contribution in [3.05, 3.63) is 60.3 Å². The Balaban J connectivity index is 1.31. The zero-order chi connectivity index (χ0) is 23.8. The Bertz CT molecular complexity index is 1110. The Kier molecular flexibility index (Phi) is 8.49. The molecule has 1 saturated heterocycles. The Morgan fingerprint density at radius 1 is 1.15 bits per heavy atom. The topological polar surface area (TPSA) is 81.6 Å². The number of nitrogens with zero attached hydrogens (tertiary/aromatic N) is 1. The Hall–Kier alpha value is -2.97. The van der Waals surface area contributed by atoms with E-state index in [1.165, 1.54) is 11.8 Å². The molecule has 1 atom stereocenters. The second-order valence-corrected chi connectivity index (χ2v) is 9.16. The summed E-state index contributed by atoms with van der Waals surface area (Å²) in [4.78, 5) is 25.9. The van der Waals surface area contributed by atoms with E-state index in [1.54, 1.807) is 24.3 Å². The molecule has 0 aliphatic carbocycles. The third kappa shape index (κ3) is 6.33. The molecule has 1 unspecified atom stereocenters. The van der Waals surface area contributed by atoms with Gasteiger partial charge in [0.2, 0.25) is 5.91 Å². The van der Waals surface area contributed by atoms with Crippen molar-refractivity contribution in [2.24, 2.45) is 0 Å². The first-order valence-electron chi connectivity index (χ1n) is 11.7. The van der Waals surface area contributed by atoms with Crippen molar-refractivity contribution in [2.75, 3.05) is 32.1 Å². The summed E-state index contributed by atoms with van der Waals surface area (Å²) in [5.74, 6) is 1.01. The molecular weight excluding hydrogens is 450 g/mol. The number of carbonyl (C=O) groups excluding carboxylic acids is 2. The number of amides is 2. The fourth-order valence-electron chi connectivity index (χ4n) is 4.00. The number of hydrogen-bond acceptors (Lipinski definition) is 5. The number of ether oxygens (including phenoxy) is 2. The monoisotopic (exact) mass is 481 g/mol. The van der Waals surface area contributed by atoms with Crippen molar-refractivity contribution in [3.63, 3.8) is 0 Å². The lowest BCUT2D eigenvalue weighted by Gasteiger charge is -2.10. The van der Waals surface area contributed by atoms with E-state index in [-0.39, 0.29) is 17.9 Å². The first-order valence-corrected chi connectivity index (χ1v) is 12.7. The molecule has 8 heteroatoms. The van der Waals surface area contributed by atoms with E-state index in [0.29, 0.717) is 37.6 Å². The smallest absolute Gasteiger partial charge is 0.251 e. The van der Waals surface area contributed by atoms with Crippen molar-refractivity contribution in [2.45, 2.75) is 37.3 Å². The SMILES string of the molecule is CCOc1ccc(C(=O)NCCn2cc(SCC(=O)NCC3CCCO3)c3ccccc32)cc1. The van der Waals surface area contributed by atoms with Crippen LogP contribution >= 0.6 is 11.8 Å². The lowest BCUT2D eigenvalue weighted by molar-refractivity contribution is -0.119. The summed E-state index contributed by atoms with van der Waals surface area (Å²) in [6, 6.07) is 15.3. The van der Waals surface area contributed by atoms with Crippen LogP contribution in [-0.4, -0.2) is 54.5 Å². The molecule has 0 spiro atoms. The molecule has 2 heterocycles. The minimum atomic E-state index is -0.114. The van der Waals surface area contributed by atoms with Crippen LogP contribution < -0.4 is 15.4 Å². The number of aromatic nitrogens is 1. The molecule has 1 aliphatic rings. The van der Waals surface area contributed by atoms with E-state index in [4.69, 9.17) is 9.47 Å². The van der Waals surface area contributed by atoms with Crippen LogP contribution in [0.5, 0.6) is 5.75 Å². The van der Waals surface area contributed by atoms with Gasteiger partial charge in [-0.2, -0.15) is 0 Å². The van der Waals surface area contributed by atoms with Gasteiger partial charge in [0, 0.05) is 53.8 Å². The summed E-state index contributed by atoms with van der Waals surface area (Å²) < 4.78 is 13.1. The summed E-state index contributed by atoms with van der Waals surface area (Å²) in [5, 5.41) is 7.07. The highest BCUT2D eigenvalue weighted by Crippen LogP contribution is 2.30. The molecule has 1 fully saturated rings. The van der Waals surface area contributed by atoms with Gasteiger partial charge >= 0.3 is 0 Å². The fraction of sp³-hybridized carbons (Fsp3) is 0.385. The molecule has 7 nitrogen and oxygen atoms in total. The number of thioether (sulfide) groups is 1. The van der Waals surface area contributed by atoms with Gasteiger partial charge in [0.1, 0.15) is 5.75 Å². The molecular formula is C26H31N3O4S. The molecule has 34 heavy (non-hydrogen) atoms. The zero-order valence-electron chi connectivity index (χ0n) is 19.4. The van der Waals surface area contributed by atoms with Gasteiger partial charge in [0.05, 0.1) is 18.5 Å². The molecule has 1 aliphatic heterocycles. The first-order chi connectivity index (χ1) is 16.6. The number of benzene rings is 2. The quantitative estimate of drug-likeness (QED) is 0.407. The van der Waals surface area contributed by atoms with Crippen LogP contribution in [0, 0.1) is 0 Å². The van der Waals surface area contributed by atoms with Crippen LogP contribution in [-0.2, 0) is 16.1 Å². The molecule has 1 aromatic heterocycles. The molecule has 2 amide bonds. The van der Waals surface area contributed by atoms with Crippen molar-refractivity contribution >= 4 is 34.5 Å². The predicted octanol–water partition coefficient (Wildman–Crippen LogP) is 3.86. The zero-order valence-corrected chi connectivity index (χ0v) is 20.2. The predicted molar refractivity (Wildman–Crippen MR) is 135 cm³/mol. The van der Waals surface area contributed by atoms with Gasteiger partial charge < -0.3 is 24.7 Å². The summed E-state index contributed by atoms with van der Waals surface area (Å²) in [7, 11) is 0. The molecule has 2 N–H and O–H groups in total. The number of fused-ring (bicyclic) bond motifs is 1. The van der Waals surface area contributed by atoms with Gasteiger partial charge in [0.15, 0.2) is 0 Å². The number of para-hydroxylation sites is 1. The summed E-state index contributed by atoms with van der Waals surface area (Å²) in [5.41, 5.74) is 1.69. The largest absolute Gasteiger partial charge is 0.494 e. The Morgan fingerprint density at radius 2 is 1.97 bits per heavy atom. The average molecular weight is 482 g/mol. The van der Waals surface area contributed by atoms with E-state index in [0.717, 1.165) is 41.0 Å². The van der Waals surface area contributed by atoms with Crippen LogP contribution in [0.4, 0.5) is 0 Å². The lowest BCUT2D eigenvalue weighted by atomic mass is 10.2. The van der Waals surface area contributed by atoms with Crippen LogP contribution in [0.3, 0.4) is 0 Å². The van der Waals surface area contributed by atoms with Crippen LogP contribution in [0.15, 0.2) is 59.6 Å². The highest BCUT2D eigenvalue weighted by molar-refractivity contribution is 8.00. The molecule has 0 saturated carbocycles. The molecule has 3 aromatic rings. The minimum Gasteiger partial charge on any atom is -0.494 e. The first kappa shape index (κ1) is 24.2. The molecule has 180 valence electrons. The average Bonchev–Trinajstić information content (AvgIpc) is 3.50. The van der Waals surface area contributed by atoms with Crippen molar-refractivity contribution in [1.82, 2.24) is 15.2 Å². The number of hydrogen-bond donors (Lipinski definition) is 2. The van der Waals surface area contributed by atoms with E-state index in [1.807, 2.05) is 19.1 Å².